The second-order valence-corrected chi connectivity index (χ2v) is 5.27. The van der Waals surface area contributed by atoms with Crippen molar-refractivity contribution in [2.24, 2.45) is 0 Å². The Morgan fingerprint density at radius 3 is 2.79 bits per heavy atom. The molecule has 5 heteroatoms. The van der Waals surface area contributed by atoms with E-state index < -0.39 is 0 Å². The van der Waals surface area contributed by atoms with E-state index in [1.165, 1.54) is 4.68 Å². The monoisotopic (exact) mass is 321 g/mol. The highest BCUT2D eigenvalue weighted by molar-refractivity contribution is 9.10. The van der Waals surface area contributed by atoms with Crippen molar-refractivity contribution in [1.29, 1.82) is 0 Å². The lowest BCUT2D eigenvalue weighted by Gasteiger charge is -2.16. The Labute approximate surface area is 120 Å². The zero-order valence-electron chi connectivity index (χ0n) is 11.0. The van der Waals surface area contributed by atoms with Gasteiger partial charge in [-0.25, -0.2) is 4.68 Å². The van der Waals surface area contributed by atoms with Gasteiger partial charge in [0.2, 0.25) is 0 Å². The molecule has 1 heterocycles. The van der Waals surface area contributed by atoms with Gasteiger partial charge in [0.05, 0.1) is 18.4 Å². The van der Waals surface area contributed by atoms with Gasteiger partial charge in [0, 0.05) is 24.1 Å². The highest BCUT2D eigenvalue weighted by Crippen LogP contribution is 2.12. The highest BCUT2D eigenvalue weighted by atomic mass is 79.9. The molecule has 0 N–H and O–H groups in total. The molecule has 19 heavy (non-hydrogen) atoms. The number of aromatic nitrogens is 2. The summed E-state index contributed by atoms with van der Waals surface area (Å²) in [4.78, 5) is 14.0. The molecule has 0 saturated heterocycles. The number of hydrogen-bond donors (Lipinski definition) is 0. The number of halogens is 1. The lowest BCUT2D eigenvalue weighted by Crippen LogP contribution is -2.25. The summed E-state index contributed by atoms with van der Waals surface area (Å²) in [6.45, 7) is 3.36. The minimum Gasteiger partial charge on any atom is -0.373 e. The molecule has 0 bridgehead atoms. The number of hydrogen-bond acceptors (Lipinski definition) is 3. The maximum Gasteiger partial charge on any atom is 0.269 e. The van der Waals surface area contributed by atoms with Crippen molar-refractivity contribution in [2.45, 2.75) is 13.5 Å². The van der Waals surface area contributed by atoms with Crippen LogP contribution < -0.4 is 10.5 Å². The van der Waals surface area contributed by atoms with Crippen molar-refractivity contribution < 1.29 is 0 Å². The Morgan fingerprint density at radius 2 is 2.16 bits per heavy atom. The lowest BCUT2D eigenvalue weighted by molar-refractivity contribution is 0.637. The van der Waals surface area contributed by atoms with Gasteiger partial charge in [-0.3, -0.25) is 4.79 Å². The third kappa shape index (κ3) is 3.44. The van der Waals surface area contributed by atoms with Gasteiger partial charge in [-0.05, 0) is 24.6 Å². The van der Waals surface area contributed by atoms with Crippen LogP contribution in [-0.4, -0.2) is 23.4 Å². The van der Waals surface area contributed by atoms with Gasteiger partial charge in [0.25, 0.3) is 5.56 Å². The molecule has 2 aromatic rings. The van der Waals surface area contributed by atoms with Crippen LogP contribution in [0, 0.1) is 0 Å². The summed E-state index contributed by atoms with van der Waals surface area (Å²) >= 11 is 3.42. The van der Waals surface area contributed by atoms with Crippen molar-refractivity contribution in [3.8, 4) is 0 Å². The van der Waals surface area contributed by atoms with E-state index in [4.69, 9.17) is 0 Å². The fraction of sp³-hybridized carbons (Fsp3) is 0.286. The summed E-state index contributed by atoms with van der Waals surface area (Å²) in [7, 11) is 1.94. The van der Waals surface area contributed by atoms with Gasteiger partial charge in [0.15, 0.2) is 0 Å². The van der Waals surface area contributed by atoms with Gasteiger partial charge in [-0.2, -0.15) is 5.10 Å². The summed E-state index contributed by atoms with van der Waals surface area (Å²) in [5.41, 5.74) is 1.80. The molecule has 4 nitrogen and oxygen atoms in total. The second-order valence-electron chi connectivity index (χ2n) is 4.35. The van der Waals surface area contributed by atoms with Crippen LogP contribution in [0.2, 0.25) is 0 Å². The first-order chi connectivity index (χ1) is 9.10. The van der Waals surface area contributed by atoms with Crippen LogP contribution in [0.5, 0.6) is 0 Å². The number of nitrogens with zero attached hydrogens (tertiary/aromatic N) is 3. The molecular formula is C14H16BrN3O. The largest absolute Gasteiger partial charge is 0.373 e. The highest BCUT2D eigenvalue weighted by Gasteiger charge is 2.04. The van der Waals surface area contributed by atoms with E-state index in [0.717, 1.165) is 22.3 Å². The van der Waals surface area contributed by atoms with Crippen molar-refractivity contribution in [1.82, 2.24) is 9.78 Å². The number of anilines is 1. The molecule has 1 aromatic heterocycles. The molecule has 1 aromatic carbocycles. The van der Waals surface area contributed by atoms with E-state index in [1.54, 1.807) is 12.3 Å². The third-order valence-electron chi connectivity index (χ3n) is 2.99. The normalized spacial score (nSPS) is 10.5. The van der Waals surface area contributed by atoms with Gasteiger partial charge >= 0.3 is 0 Å². The number of rotatable bonds is 4. The molecule has 0 unspecified atom stereocenters. The Hall–Kier alpha value is -1.62. The first kappa shape index (κ1) is 13.8. The first-order valence-corrected chi connectivity index (χ1v) is 6.92. The predicted octanol–water partition coefficient (Wildman–Crippen LogP) is 2.51. The summed E-state index contributed by atoms with van der Waals surface area (Å²) in [6.07, 6.45) is 1.73. The molecule has 100 valence electrons. The molecule has 0 saturated carbocycles. The van der Waals surface area contributed by atoms with Crippen LogP contribution in [0.1, 0.15) is 12.5 Å². The van der Waals surface area contributed by atoms with Gasteiger partial charge in [0.1, 0.15) is 0 Å². The quantitative estimate of drug-likeness (QED) is 0.868. The molecule has 0 radical (unpaired) electrons. The van der Waals surface area contributed by atoms with Crippen molar-refractivity contribution in [3.63, 3.8) is 0 Å². The van der Waals surface area contributed by atoms with Crippen LogP contribution in [0.15, 0.2) is 45.8 Å². The van der Waals surface area contributed by atoms with Crippen molar-refractivity contribution >= 4 is 21.6 Å². The Kier molecular flexibility index (Phi) is 4.37. The molecule has 0 aliphatic rings. The minimum absolute atomic E-state index is 0.0854. The maximum absolute atomic E-state index is 12.0. The summed E-state index contributed by atoms with van der Waals surface area (Å²) in [5, 5.41) is 4.22. The van der Waals surface area contributed by atoms with Crippen LogP contribution in [0.4, 0.5) is 5.69 Å². The van der Waals surface area contributed by atoms with Crippen LogP contribution in [0.3, 0.4) is 0 Å². The third-order valence-corrected chi connectivity index (χ3v) is 3.48. The maximum atomic E-state index is 12.0. The van der Waals surface area contributed by atoms with Crippen LogP contribution >= 0.6 is 15.9 Å². The Balaban J connectivity index is 2.25. The topological polar surface area (TPSA) is 38.1 Å². The predicted molar refractivity (Wildman–Crippen MR) is 80.7 cm³/mol. The fourth-order valence-electron chi connectivity index (χ4n) is 1.74. The minimum atomic E-state index is -0.0854. The van der Waals surface area contributed by atoms with Crippen molar-refractivity contribution in [3.05, 3.63) is 56.9 Å². The van der Waals surface area contributed by atoms with Crippen LogP contribution in [0.25, 0.3) is 0 Å². The lowest BCUT2D eigenvalue weighted by atomic mass is 10.2. The van der Waals surface area contributed by atoms with Crippen LogP contribution in [-0.2, 0) is 6.54 Å². The van der Waals surface area contributed by atoms with E-state index in [0.29, 0.717) is 6.54 Å². The van der Waals surface area contributed by atoms with Gasteiger partial charge < -0.3 is 4.90 Å². The standard InChI is InChI=1S/C14H16BrN3O/c1-3-17(2)13-8-14(19)18(16-9-13)10-11-5-4-6-12(15)7-11/h4-9H,3,10H2,1-2H3. The summed E-state index contributed by atoms with van der Waals surface area (Å²) in [5.74, 6) is 0. The zero-order valence-corrected chi connectivity index (χ0v) is 12.6. The summed E-state index contributed by atoms with van der Waals surface area (Å²) in [6, 6.07) is 9.49. The van der Waals surface area contributed by atoms with E-state index >= 15 is 0 Å². The molecule has 0 fully saturated rings. The molecule has 2 rings (SSSR count). The zero-order chi connectivity index (χ0) is 13.8. The van der Waals surface area contributed by atoms with Gasteiger partial charge in [-0.1, -0.05) is 28.1 Å². The Morgan fingerprint density at radius 1 is 1.37 bits per heavy atom. The number of benzene rings is 1. The second kappa shape index (κ2) is 6.02. The molecule has 0 amide bonds. The van der Waals surface area contributed by atoms with E-state index in [2.05, 4.69) is 21.0 Å². The Bertz CT molecular complexity index is 624. The van der Waals surface area contributed by atoms with E-state index in [9.17, 15) is 4.79 Å². The molecule has 0 aliphatic carbocycles. The van der Waals surface area contributed by atoms with E-state index in [-0.39, 0.29) is 5.56 Å². The molecular weight excluding hydrogens is 306 g/mol. The fourth-order valence-corrected chi connectivity index (χ4v) is 2.19. The first-order valence-electron chi connectivity index (χ1n) is 6.13. The molecule has 0 aliphatic heterocycles. The van der Waals surface area contributed by atoms with E-state index in [1.807, 2.05) is 43.1 Å². The molecule has 0 atom stereocenters. The van der Waals surface area contributed by atoms with Gasteiger partial charge in [-0.15, -0.1) is 0 Å². The average Bonchev–Trinajstić information content (AvgIpc) is 2.40. The SMILES string of the molecule is CCN(C)c1cnn(Cc2cccc(Br)c2)c(=O)c1. The molecule has 0 spiro atoms. The van der Waals surface area contributed by atoms with Crippen molar-refractivity contribution in [2.75, 3.05) is 18.5 Å². The smallest absolute Gasteiger partial charge is 0.269 e. The summed E-state index contributed by atoms with van der Waals surface area (Å²) < 4.78 is 2.47. The average molecular weight is 322 g/mol.